The summed E-state index contributed by atoms with van der Waals surface area (Å²) in [6, 6.07) is -18.2. The van der Waals surface area contributed by atoms with Gasteiger partial charge in [0.25, 0.3) is 0 Å². The smallest absolute Gasteiger partial charge is 0.327 e. The molecule has 2 aromatic rings. The van der Waals surface area contributed by atoms with Crippen molar-refractivity contribution < 1.29 is 111 Å². The van der Waals surface area contributed by atoms with Crippen molar-refractivity contribution in [3.8, 4) is 0 Å². The number of rotatable bonds is 17. The number of aromatic nitrogens is 1. The zero-order chi connectivity index (χ0) is 95.4. The number of benzene rings is 1. The number of carbonyl (C=O) groups is 20. The molecule has 22 N–H and O–H groups in total. The van der Waals surface area contributed by atoms with Gasteiger partial charge in [0, 0.05) is 99.1 Å². The highest BCUT2D eigenvalue weighted by atomic mass is 32.2. The molecule has 4 aliphatic heterocycles. The van der Waals surface area contributed by atoms with Gasteiger partial charge in [-0.15, -0.1) is 0 Å². The lowest BCUT2D eigenvalue weighted by Gasteiger charge is -2.32. The summed E-state index contributed by atoms with van der Waals surface area (Å²) < 4.78 is 0. The number of hydrogen-bond acceptors (Lipinski definition) is 26. The molecule has 0 spiro atoms. The largest absolute Gasteiger partial charge is 0.481 e. The number of carboxylic acid groups (broad SMARTS) is 2. The predicted octanol–water partition coefficient (Wildman–Crippen LogP) is -3.23. The average Bonchev–Trinajstić information content (AvgIpc) is 1.63. The van der Waals surface area contributed by atoms with Gasteiger partial charge in [-0.2, -0.15) is 47.0 Å². The van der Waals surface area contributed by atoms with E-state index in [0.29, 0.717) is 28.2 Å². The number of carboxylic acids is 2. The normalized spacial score (nSPS) is 29.9. The van der Waals surface area contributed by atoms with Crippen LogP contribution in [0.3, 0.4) is 0 Å². The first kappa shape index (κ1) is 107. The Bertz CT molecular complexity index is 4370. The van der Waals surface area contributed by atoms with Gasteiger partial charge in [-0.25, -0.2) is 4.79 Å². The topological polar surface area (TPSA) is 636 Å². The van der Waals surface area contributed by atoms with E-state index in [-0.39, 0.29) is 37.4 Å². The van der Waals surface area contributed by atoms with Gasteiger partial charge in [0.05, 0.1) is 37.8 Å². The molecular formula is C83H126N18O23S4. The second-order valence-corrected chi connectivity index (χ2v) is 39.6. The maximum atomic E-state index is 15.9. The SMILES string of the molecule is CCC(C)[C@@H]1CC(=O)[C@@H]2NC(=O)[C@H](CC(C)C)NC(=O)[C@H](NC(=O)[C@H]3CSC[C@H](N)C(=O)N[C@@H](CO)C(=O)NCC(=O)N[C@@H](Cc4c[nH]c5ccccc45)C(=O)N[C@@H](C(C)C)C(=O)N3)[C@H](C)SC[C@H](NC(=O)[C@H](CCC(=O)O)NC1=O)C(=O)NCC(=O)N[C@@H]1C(=O)N[C@@H](CC(C)C)C(=O)N[C@@H](C(C)C)C(=O)N[C@@H](CS[C@H]2C)C(=O)C[C@@H](C)C(=O)N[C@H](C(=O)O)CS[C@H]1C. The van der Waals surface area contributed by atoms with Crippen LogP contribution in [0.15, 0.2) is 30.5 Å². The van der Waals surface area contributed by atoms with Crippen molar-refractivity contribution in [1.82, 2.24) is 90.1 Å². The second-order valence-electron chi connectivity index (χ2n) is 34.3. The van der Waals surface area contributed by atoms with E-state index < -0.39 is 328 Å². The summed E-state index contributed by atoms with van der Waals surface area (Å²) in [6.07, 6.45) is -1.63. The minimum Gasteiger partial charge on any atom is -0.481 e. The number of aliphatic hydroxyl groups is 1. The number of aliphatic hydroxyl groups excluding tert-OH is 1. The first-order chi connectivity index (χ1) is 60.2. The van der Waals surface area contributed by atoms with Gasteiger partial charge in [0.2, 0.25) is 94.5 Å². The molecule has 0 radical (unpaired) electrons. The van der Waals surface area contributed by atoms with Crippen molar-refractivity contribution in [1.29, 1.82) is 0 Å². The molecule has 1 aromatic heterocycles. The number of hydrogen-bond donors (Lipinski definition) is 21. The van der Waals surface area contributed by atoms with Gasteiger partial charge in [-0.1, -0.05) is 122 Å². The lowest BCUT2D eigenvalue weighted by Crippen LogP contribution is -2.62. The number of ketones is 2. The van der Waals surface area contributed by atoms with Gasteiger partial charge < -0.3 is 111 Å². The summed E-state index contributed by atoms with van der Waals surface area (Å²) in [5.74, 6) is -29.9. The zero-order valence-electron chi connectivity index (χ0n) is 74.4. The Hall–Kier alpha value is -10.1. The number of para-hydroxylation sites is 1. The van der Waals surface area contributed by atoms with Crippen molar-refractivity contribution in [2.45, 2.75) is 255 Å². The molecule has 41 nitrogen and oxygen atoms in total. The van der Waals surface area contributed by atoms with E-state index in [0.717, 1.165) is 35.3 Å². The van der Waals surface area contributed by atoms with E-state index >= 15 is 43.2 Å². The molecule has 45 heteroatoms. The van der Waals surface area contributed by atoms with Gasteiger partial charge in [-0.3, -0.25) is 91.1 Å². The Labute approximate surface area is 759 Å². The molecule has 4 bridgehead atoms. The van der Waals surface area contributed by atoms with Gasteiger partial charge in [-0.05, 0) is 60.5 Å². The molecule has 16 amide bonds. The monoisotopic (exact) mass is 1870 g/mol. The molecule has 0 saturated carbocycles. The number of Topliss-reactive ketones (excluding diaryl/α,β-unsaturated/α-hetero) is 2. The van der Waals surface area contributed by atoms with E-state index in [1.807, 2.05) is 0 Å². The fraction of sp³-hybridized carbons (Fsp3) is 0.663. The van der Waals surface area contributed by atoms with Crippen molar-refractivity contribution >= 4 is 176 Å². The predicted molar refractivity (Wildman–Crippen MR) is 478 cm³/mol. The number of carbonyl (C=O) groups excluding carboxylic acids is 18. The maximum absolute atomic E-state index is 15.9. The number of amides is 16. The second kappa shape index (κ2) is 50.7. The van der Waals surface area contributed by atoms with Crippen LogP contribution in [0.25, 0.3) is 10.9 Å². The summed E-state index contributed by atoms with van der Waals surface area (Å²) in [6.45, 7) is 19.1. The highest BCUT2D eigenvalue weighted by Gasteiger charge is 2.44. The van der Waals surface area contributed by atoms with Gasteiger partial charge in [0.1, 0.15) is 72.5 Å². The minimum atomic E-state index is -1.94. The fourth-order valence-corrected chi connectivity index (χ4v) is 18.7. The third-order valence-electron chi connectivity index (χ3n) is 22.2. The summed E-state index contributed by atoms with van der Waals surface area (Å²) >= 11 is 3.07. The summed E-state index contributed by atoms with van der Waals surface area (Å²) in [7, 11) is 0. The molecule has 21 atom stereocenters. The lowest BCUT2D eigenvalue weighted by atomic mass is 9.84. The fourth-order valence-electron chi connectivity index (χ4n) is 14.3. The number of nitrogens with two attached hydrogens (primary N) is 1. The van der Waals surface area contributed by atoms with E-state index in [1.165, 1.54) is 27.7 Å². The van der Waals surface area contributed by atoms with E-state index in [9.17, 15) is 68.1 Å². The third-order valence-corrected chi connectivity index (χ3v) is 27.4. The van der Waals surface area contributed by atoms with Crippen molar-refractivity contribution in [3.05, 3.63) is 36.0 Å². The molecule has 1 unspecified atom stereocenters. The molecule has 1 aromatic carbocycles. The lowest BCUT2D eigenvalue weighted by molar-refractivity contribution is -0.142. The van der Waals surface area contributed by atoms with Crippen LogP contribution in [0, 0.1) is 41.4 Å². The Balaban J connectivity index is 1.60. The van der Waals surface area contributed by atoms with Gasteiger partial charge in [0.15, 0.2) is 11.6 Å². The Morgan fingerprint density at radius 2 is 1.01 bits per heavy atom. The van der Waals surface area contributed by atoms with Crippen LogP contribution in [-0.2, 0) is 102 Å². The number of aromatic amines is 1. The number of thioether (sulfide) groups is 4. The Morgan fingerprint density at radius 3 is 1.61 bits per heavy atom. The van der Waals surface area contributed by atoms with Crippen LogP contribution in [0.2, 0.25) is 0 Å². The van der Waals surface area contributed by atoms with Crippen LogP contribution in [0.1, 0.15) is 147 Å². The number of H-pyrrole nitrogens is 1. The highest BCUT2D eigenvalue weighted by molar-refractivity contribution is 8.00. The summed E-state index contributed by atoms with van der Waals surface area (Å²) in [4.78, 5) is 296. The summed E-state index contributed by atoms with van der Waals surface area (Å²) in [5.41, 5.74) is 7.57. The number of fused-ring (bicyclic) bond motifs is 19. The first-order valence-electron chi connectivity index (χ1n) is 42.8. The molecule has 128 heavy (non-hydrogen) atoms. The van der Waals surface area contributed by atoms with Crippen LogP contribution in [0.4, 0.5) is 0 Å². The molecule has 4 aliphatic rings. The standard InChI is InChI=1S/C83H126N18O23S4/c1-15-40(10)47-26-60(104)66-42(12)126-33-55-59(103)24-41(11)69(109)96-58(83(123)124)35-128-43(13)67(81(121)90-51(22-36(2)3)75(115)98-64(38(6)7)79(119)93-55)97-62(106)29-87-73(113)57(94-74(114)50(89-70(47)110)20-21-63(107)108)34-127-44(14)68(82(122)91-52(23-37(4)5)76(116)100-66)101-78(118)56-32-125-31-48(84)71(111)92-54(30-102)72(112)86-28-61(105)88-53(77(117)99-65(39(8)9)80(120)95-56)25-45-27-85-49-19-17-16-18-46(45)49/h16-19,27,36-44,47-48,50-58,64-68,85,102H,15,20-26,28-35,84H2,1-14H3,(H,86,112)(H,87,113)(H,88,105)(H,89,110)(H,90,121)(H,91,122)(H,92,111)(H,93,119)(H,94,114)(H,95,120)(H,96,109)(H,97,106)(H,98,115)(H,99,117)(H,100,116)(H,101,118)(H,107,108)(H,123,124)/t40?,41-,42+,43+,44+,47+,48+,50+,51+,52+,53+,54+,55+,56-,57+,58+,64+,65+,66-,67+,68-/m1/s1. The van der Waals surface area contributed by atoms with Crippen molar-refractivity contribution in [3.63, 3.8) is 0 Å². The molecular weight excluding hydrogens is 1750 g/mol. The first-order valence-corrected chi connectivity index (χ1v) is 47.1. The highest BCUT2D eigenvalue weighted by Crippen LogP contribution is 2.29. The summed E-state index contributed by atoms with van der Waals surface area (Å²) in [5, 5.41) is 69.2. The van der Waals surface area contributed by atoms with Gasteiger partial charge >= 0.3 is 11.9 Å². The molecule has 4 saturated heterocycles. The van der Waals surface area contributed by atoms with Crippen LogP contribution < -0.4 is 90.8 Å². The maximum Gasteiger partial charge on any atom is 0.327 e. The molecule has 4 fully saturated rings. The van der Waals surface area contributed by atoms with Crippen molar-refractivity contribution in [2.24, 2.45) is 47.2 Å². The zero-order valence-corrected chi connectivity index (χ0v) is 77.6. The van der Waals surface area contributed by atoms with Crippen LogP contribution >= 0.6 is 47.0 Å². The Morgan fingerprint density at radius 1 is 0.484 bits per heavy atom. The van der Waals surface area contributed by atoms with E-state index in [4.69, 9.17) is 5.73 Å². The number of aliphatic carboxylic acids is 2. The van der Waals surface area contributed by atoms with E-state index in [1.54, 1.807) is 99.7 Å². The molecule has 710 valence electrons. The molecule has 6 rings (SSSR count). The minimum absolute atomic E-state index is 0.0906. The third kappa shape index (κ3) is 32.2. The molecule has 0 aliphatic carbocycles. The Kier molecular flexibility index (Phi) is 42.3. The van der Waals surface area contributed by atoms with Crippen LogP contribution in [0.5, 0.6) is 0 Å². The average molecular weight is 1870 g/mol. The quantitative estimate of drug-likeness (QED) is 0.0693. The number of nitrogens with one attached hydrogen (secondary N) is 17. The molecule has 5 heterocycles. The van der Waals surface area contributed by atoms with E-state index in [2.05, 4.69) is 90.1 Å². The van der Waals surface area contributed by atoms with Crippen molar-refractivity contribution in [2.75, 3.05) is 48.5 Å². The van der Waals surface area contributed by atoms with Crippen LogP contribution in [-0.4, -0.2) is 293 Å².